The average molecular weight is 635 g/mol. The van der Waals surface area contributed by atoms with Crippen molar-refractivity contribution in [3.63, 3.8) is 0 Å². The molecule has 1 atom stereocenters. The predicted molar refractivity (Wildman–Crippen MR) is 195 cm³/mol. The quantitative estimate of drug-likeness (QED) is 0.0419. The SMILES string of the molecule is CCCCCCCC/C=C\CCCCCCCCCCCCCC(=O)OC(CCCCCCC)CCCCCCCCC(=O)O. The molecule has 0 bridgehead atoms. The van der Waals surface area contributed by atoms with E-state index in [1.807, 2.05) is 0 Å². The molecule has 0 saturated heterocycles. The number of ether oxygens (including phenoxy) is 1. The molecule has 0 saturated carbocycles. The number of carbonyl (C=O) groups excluding carboxylic acids is 1. The second-order valence-electron chi connectivity index (χ2n) is 13.8. The minimum atomic E-state index is -0.692. The summed E-state index contributed by atoms with van der Waals surface area (Å²) in [4.78, 5) is 23.2. The fourth-order valence-corrected chi connectivity index (χ4v) is 6.24. The van der Waals surface area contributed by atoms with E-state index >= 15 is 0 Å². The van der Waals surface area contributed by atoms with Gasteiger partial charge in [-0.25, -0.2) is 0 Å². The van der Waals surface area contributed by atoms with Crippen LogP contribution in [-0.2, 0) is 14.3 Å². The number of carboxylic acid groups (broad SMARTS) is 1. The number of hydrogen-bond donors (Lipinski definition) is 1. The second kappa shape index (κ2) is 37.1. The van der Waals surface area contributed by atoms with E-state index in [2.05, 4.69) is 26.0 Å². The zero-order chi connectivity index (χ0) is 32.9. The molecule has 0 radical (unpaired) electrons. The van der Waals surface area contributed by atoms with Crippen LogP contribution in [0.3, 0.4) is 0 Å². The summed E-state index contributed by atoms with van der Waals surface area (Å²) in [5.41, 5.74) is 0. The van der Waals surface area contributed by atoms with Crippen LogP contribution in [0.2, 0.25) is 0 Å². The molecule has 1 unspecified atom stereocenters. The molecule has 4 nitrogen and oxygen atoms in total. The molecule has 4 heteroatoms. The van der Waals surface area contributed by atoms with Crippen LogP contribution in [0.15, 0.2) is 12.2 Å². The maximum atomic E-state index is 12.6. The summed E-state index contributed by atoms with van der Waals surface area (Å²) in [6.45, 7) is 4.52. The number of carbonyl (C=O) groups is 2. The van der Waals surface area contributed by atoms with Crippen molar-refractivity contribution in [2.75, 3.05) is 0 Å². The Labute approximate surface area is 281 Å². The molecular weight excluding hydrogens is 556 g/mol. The summed E-state index contributed by atoms with van der Waals surface area (Å²) in [6.07, 6.45) is 45.4. The third kappa shape index (κ3) is 37.0. The number of unbranched alkanes of at least 4 members (excludes halogenated alkanes) is 26. The van der Waals surface area contributed by atoms with Gasteiger partial charge in [0.15, 0.2) is 0 Å². The molecule has 0 heterocycles. The van der Waals surface area contributed by atoms with E-state index in [4.69, 9.17) is 9.84 Å². The fraction of sp³-hybridized carbons (Fsp3) is 0.902. The highest BCUT2D eigenvalue weighted by Gasteiger charge is 2.14. The van der Waals surface area contributed by atoms with Gasteiger partial charge in [-0.05, 0) is 64.2 Å². The Kier molecular flexibility index (Phi) is 36.1. The average Bonchev–Trinajstić information content (AvgIpc) is 3.02. The van der Waals surface area contributed by atoms with Gasteiger partial charge in [0.25, 0.3) is 0 Å². The molecule has 0 rings (SSSR count). The molecule has 0 fully saturated rings. The van der Waals surface area contributed by atoms with Crippen LogP contribution in [0.5, 0.6) is 0 Å². The van der Waals surface area contributed by atoms with E-state index in [9.17, 15) is 9.59 Å². The molecule has 45 heavy (non-hydrogen) atoms. The topological polar surface area (TPSA) is 63.6 Å². The normalized spacial score (nSPS) is 12.2. The highest BCUT2D eigenvalue weighted by atomic mass is 16.5. The van der Waals surface area contributed by atoms with Gasteiger partial charge in [-0.1, -0.05) is 167 Å². The van der Waals surface area contributed by atoms with Gasteiger partial charge in [-0.2, -0.15) is 0 Å². The first-order valence-electron chi connectivity index (χ1n) is 20.2. The van der Waals surface area contributed by atoms with Crippen molar-refractivity contribution in [2.45, 2.75) is 238 Å². The number of hydrogen-bond acceptors (Lipinski definition) is 3. The van der Waals surface area contributed by atoms with Crippen LogP contribution < -0.4 is 0 Å². The van der Waals surface area contributed by atoms with Crippen LogP contribution in [-0.4, -0.2) is 23.1 Å². The Balaban J connectivity index is 3.72. The Hall–Kier alpha value is -1.32. The van der Waals surface area contributed by atoms with Crippen molar-refractivity contribution < 1.29 is 19.4 Å². The first kappa shape index (κ1) is 43.7. The zero-order valence-corrected chi connectivity index (χ0v) is 30.4. The minimum absolute atomic E-state index is 0.00974. The second-order valence-corrected chi connectivity index (χ2v) is 13.8. The third-order valence-electron chi connectivity index (χ3n) is 9.24. The minimum Gasteiger partial charge on any atom is -0.481 e. The largest absolute Gasteiger partial charge is 0.481 e. The molecule has 0 aromatic heterocycles. The fourth-order valence-electron chi connectivity index (χ4n) is 6.24. The molecule has 0 amide bonds. The summed E-state index contributed by atoms with van der Waals surface area (Å²) >= 11 is 0. The van der Waals surface area contributed by atoms with E-state index in [0.29, 0.717) is 6.42 Å². The summed E-state index contributed by atoms with van der Waals surface area (Å²) in [7, 11) is 0. The highest BCUT2D eigenvalue weighted by molar-refractivity contribution is 5.69. The monoisotopic (exact) mass is 635 g/mol. The molecule has 0 aliphatic carbocycles. The van der Waals surface area contributed by atoms with Gasteiger partial charge in [0.05, 0.1) is 0 Å². The van der Waals surface area contributed by atoms with Crippen LogP contribution in [0.4, 0.5) is 0 Å². The standard InChI is InChI=1S/C41H78O4/c1-3-5-7-9-10-11-12-13-14-15-16-17-18-19-20-21-22-23-24-30-34-38-41(44)45-39(35-31-27-8-6-4-2)36-32-28-25-26-29-33-37-40(42)43/h13-14,39H,3-12,15-38H2,1-2H3,(H,42,43)/b14-13-. The van der Waals surface area contributed by atoms with Crippen LogP contribution >= 0.6 is 0 Å². The van der Waals surface area contributed by atoms with E-state index in [1.165, 1.54) is 135 Å². The molecule has 0 aliphatic heterocycles. The number of rotatable bonds is 37. The number of allylic oxidation sites excluding steroid dienone is 2. The molecule has 0 aromatic carbocycles. The van der Waals surface area contributed by atoms with Gasteiger partial charge in [0.1, 0.15) is 6.10 Å². The van der Waals surface area contributed by atoms with Gasteiger partial charge >= 0.3 is 11.9 Å². The van der Waals surface area contributed by atoms with E-state index in [0.717, 1.165) is 70.6 Å². The molecule has 0 spiro atoms. The number of aliphatic carboxylic acids is 1. The van der Waals surface area contributed by atoms with Crippen molar-refractivity contribution in [3.8, 4) is 0 Å². The van der Waals surface area contributed by atoms with Crippen molar-refractivity contribution >= 4 is 11.9 Å². The first-order valence-corrected chi connectivity index (χ1v) is 20.2. The molecule has 0 aromatic rings. The molecule has 1 N–H and O–H groups in total. The highest BCUT2D eigenvalue weighted by Crippen LogP contribution is 2.19. The summed E-state index contributed by atoms with van der Waals surface area (Å²) in [5, 5.41) is 8.75. The van der Waals surface area contributed by atoms with E-state index < -0.39 is 5.97 Å². The van der Waals surface area contributed by atoms with Gasteiger partial charge in [0, 0.05) is 12.8 Å². The summed E-state index contributed by atoms with van der Waals surface area (Å²) < 4.78 is 5.96. The summed E-state index contributed by atoms with van der Waals surface area (Å²) in [6, 6.07) is 0. The Morgan fingerprint density at radius 3 is 1.20 bits per heavy atom. The van der Waals surface area contributed by atoms with Crippen LogP contribution in [0, 0.1) is 0 Å². The third-order valence-corrected chi connectivity index (χ3v) is 9.24. The Bertz CT molecular complexity index is 643. The van der Waals surface area contributed by atoms with Gasteiger partial charge < -0.3 is 9.84 Å². The van der Waals surface area contributed by atoms with Crippen molar-refractivity contribution in [1.29, 1.82) is 0 Å². The molecule has 0 aliphatic rings. The van der Waals surface area contributed by atoms with E-state index in [1.54, 1.807) is 0 Å². The van der Waals surface area contributed by atoms with Gasteiger partial charge in [0.2, 0.25) is 0 Å². The maximum absolute atomic E-state index is 12.6. The Morgan fingerprint density at radius 1 is 0.467 bits per heavy atom. The Morgan fingerprint density at radius 2 is 0.800 bits per heavy atom. The number of carboxylic acids is 1. The smallest absolute Gasteiger partial charge is 0.306 e. The summed E-state index contributed by atoms with van der Waals surface area (Å²) in [5.74, 6) is -0.682. The molecular formula is C41H78O4. The predicted octanol–water partition coefficient (Wildman–Crippen LogP) is 13.8. The lowest BCUT2D eigenvalue weighted by atomic mass is 10.0. The zero-order valence-electron chi connectivity index (χ0n) is 30.4. The van der Waals surface area contributed by atoms with E-state index in [-0.39, 0.29) is 18.5 Å². The van der Waals surface area contributed by atoms with Crippen molar-refractivity contribution in [3.05, 3.63) is 12.2 Å². The first-order chi connectivity index (χ1) is 22.1. The van der Waals surface area contributed by atoms with Gasteiger partial charge in [-0.15, -0.1) is 0 Å². The van der Waals surface area contributed by atoms with Crippen molar-refractivity contribution in [2.24, 2.45) is 0 Å². The maximum Gasteiger partial charge on any atom is 0.306 e. The number of esters is 1. The van der Waals surface area contributed by atoms with Crippen molar-refractivity contribution in [1.82, 2.24) is 0 Å². The lowest BCUT2D eigenvalue weighted by molar-refractivity contribution is -0.150. The van der Waals surface area contributed by atoms with Gasteiger partial charge in [-0.3, -0.25) is 9.59 Å². The lowest BCUT2D eigenvalue weighted by Gasteiger charge is -2.18. The lowest BCUT2D eigenvalue weighted by Crippen LogP contribution is -2.18. The van der Waals surface area contributed by atoms with Crippen LogP contribution in [0.25, 0.3) is 0 Å². The van der Waals surface area contributed by atoms with Crippen LogP contribution in [0.1, 0.15) is 232 Å². The molecule has 266 valence electrons.